The molecule has 0 fully saturated rings. The van der Waals surface area contributed by atoms with Crippen molar-refractivity contribution in [2.24, 2.45) is 0 Å². The number of hydrogen-bond donors (Lipinski definition) is 1. The van der Waals surface area contributed by atoms with Crippen LogP contribution in [0.3, 0.4) is 0 Å². The van der Waals surface area contributed by atoms with E-state index in [4.69, 9.17) is 23.2 Å². The van der Waals surface area contributed by atoms with E-state index in [-0.39, 0.29) is 5.75 Å². The Kier molecular flexibility index (Phi) is 3.09. The molecule has 0 saturated heterocycles. The largest absolute Gasteiger partial charge is 0.508 e. The molecule has 0 amide bonds. The standard InChI is InChI=1S/C16H10Cl2O/c17-15-6-4-13(9-16(15)18)10-1-2-12-8-14(19)5-3-11(12)7-10/h1-9,19H. The van der Waals surface area contributed by atoms with Crippen LogP contribution in [0.1, 0.15) is 0 Å². The lowest BCUT2D eigenvalue weighted by Gasteiger charge is -2.06. The van der Waals surface area contributed by atoms with E-state index in [0.29, 0.717) is 10.0 Å². The maximum absolute atomic E-state index is 9.45. The van der Waals surface area contributed by atoms with Crippen molar-refractivity contribution in [1.29, 1.82) is 0 Å². The minimum atomic E-state index is 0.273. The Morgan fingerprint density at radius 2 is 1.26 bits per heavy atom. The number of rotatable bonds is 1. The molecule has 3 rings (SSSR count). The molecule has 3 heteroatoms. The highest BCUT2D eigenvalue weighted by Crippen LogP contribution is 2.31. The third kappa shape index (κ3) is 2.40. The summed E-state index contributed by atoms with van der Waals surface area (Å²) in [5.74, 6) is 0.273. The summed E-state index contributed by atoms with van der Waals surface area (Å²) in [6.45, 7) is 0. The fourth-order valence-corrected chi connectivity index (χ4v) is 2.39. The number of phenols is 1. The lowest BCUT2D eigenvalue weighted by atomic mass is 10.0. The quantitative estimate of drug-likeness (QED) is 0.625. The van der Waals surface area contributed by atoms with Crippen molar-refractivity contribution in [2.45, 2.75) is 0 Å². The van der Waals surface area contributed by atoms with E-state index in [1.807, 2.05) is 30.3 Å². The summed E-state index contributed by atoms with van der Waals surface area (Å²) >= 11 is 12.0. The number of halogens is 2. The molecular weight excluding hydrogens is 279 g/mol. The van der Waals surface area contributed by atoms with Gasteiger partial charge >= 0.3 is 0 Å². The molecule has 3 aromatic carbocycles. The van der Waals surface area contributed by atoms with Crippen molar-refractivity contribution in [3.63, 3.8) is 0 Å². The normalized spacial score (nSPS) is 10.8. The SMILES string of the molecule is Oc1ccc2cc(-c3ccc(Cl)c(Cl)c3)ccc2c1. The first-order valence-corrected chi connectivity index (χ1v) is 6.57. The smallest absolute Gasteiger partial charge is 0.116 e. The Balaban J connectivity index is 2.14. The molecule has 0 bridgehead atoms. The zero-order valence-electron chi connectivity index (χ0n) is 9.90. The van der Waals surface area contributed by atoms with Crippen LogP contribution in [0.15, 0.2) is 54.6 Å². The average Bonchev–Trinajstić information content (AvgIpc) is 2.41. The van der Waals surface area contributed by atoms with Gasteiger partial charge in [-0.15, -0.1) is 0 Å². The maximum Gasteiger partial charge on any atom is 0.116 e. The Labute approximate surface area is 121 Å². The molecule has 1 nitrogen and oxygen atoms in total. The molecule has 0 saturated carbocycles. The van der Waals surface area contributed by atoms with Crippen molar-refractivity contribution in [3.8, 4) is 16.9 Å². The van der Waals surface area contributed by atoms with Gasteiger partial charge < -0.3 is 5.11 Å². The van der Waals surface area contributed by atoms with Gasteiger partial charge in [-0.1, -0.05) is 47.5 Å². The van der Waals surface area contributed by atoms with Crippen molar-refractivity contribution in [1.82, 2.24) is 0 Å². The van der Waals surface area contributed by atoms with E-state index < -0.39 is 0 Å². The van der Waals surface area contributed by atoms with Crippen LogP contribution in [0.4, 0.5) is 0 Å². The molecule has 0 aromatic heterocycles. The van der Waals surface area contributed by atoms with E-state index in [0.717, 1.165) is 21.9 Å². The number of hydrogen-bond acceptors (Lipinski definition) is 1. The van der Waals surface area contributed by atoms with E-state index in [1.165, 1.54) is 0 Å². The van der Waals surface area contributed by atoms with Crippen molar-refractivity contribution >= 4 is 34.0 Å². The van der Waals surface area contributed by atoms with Crippen LogP contribution < -0.4 is 0 Å². The van der Waals surface area contributed by atoms with Crippen molar-refractivity contribution in [2.75, 3.05) is 0 Å². The summed E-state index contributed by atoms with van der Waals surface area (Å²) in [7, 11) is 0. The second-order valence-electron chi connectivity index (χ2n) is 4.38. The zero-order valence-corrected chi connectivity index (χ0v) is 11.4. The summed E-state index contributed by atoms with van der Waals surface area (Å²) < 4.78 is 0. The predicted molar refractivity (Wildman–Crippen MR) is 81.1 cm³/mol. The first-order chi connectivity index (χ1) is 9.13. The fourth-order valence-electron chi connectivity index (χ4n) is 2.09. The van der Waals surface area contributed by atoms with Gasteiger partial charge in [0.2, 0.25) is 0 Å². The Morgan fingerprint density at radius 1 is 0.632 bits per heavy atom. The monoisotopic (exact) mass is 288 g/mol. The first kappa shape index (κ1) is 12.3. The van der Waals surface area contributed by atoms with Gasteiger partial charge in [-0.2, -0.15) is 0 Å². The topological polar surface area (TPSA) is 20.2 Å². The number of benzene rings is 3. The molecule has 0 aliphatic carbocycles. The van der Waals surface area contributed by atoms with Crippen LogP contribution in [0.5, 0.6) is 5.75 Å². The molecule has 1 N–H and O–H groups in total. The second-order valence-corrected chi connectivity index (χ2v) is 5.19. The molecule has 0 radical (unpaired) electrons. The minimum Gasteiger partial charge on any atom is -0.508 e. The van der Waals surface area contributed by atoms with Gasteiger partial charge in [-0.25, -0.2) is 0 Å². The van der Waals surface area contributed by atoms with Crippen LogP contribution in [0.25, 0.3) is 21.9 Å². The number of fused-ring (bicyclic) bond motifs is 1. The minimum absolute atomic E-state index is 0.273. The lowest BCUT2D eigenvalue weighted by molar-refractivity contribution is 0.476. The van der Waals surface area contributed by atoms with E-state index in [1.54, 1.807) is 18.2 Å². The highest BCUT2D eigenvalue weighted by molar-refractivity contribution is 6.42. The van der Waals surface area contributed by atoms with Gasteiger partial charge in [0.25, 0.3) is 0 Å². The molecule has 0 aliphatic heterocycles. The van der Waals surface area contributed by atoms with E-state index in [9.17, 15) is 5.11 Å². The van der Waals surface area contributed by atoms with Crippen LogP contribution in [-0.2, 0) is 0 Å². The summed E-state index contributed by atoms with van der Waals surface area (Å²) in [6.07, 6.45) is 0. The number of aromatic hydroxyl groups is 1. The second kappa shape index (κ2) is 4.76. The van der Waals surface area contributed by atoms with Gasteiger partial charge in [0, 0.05) is 0 Å². The molecule has 0 heterocycles. The van der Waals surface area contributed by atoms with Gasteiger partial charge in [0.05, 0.1) is 10.0 Å². The highest BCUT2D eigenvalue weighted by Gasteiger charge is 2.03. The lowest BCUT2D eigenvalue weighted by Crippen LogP contribution is -1.80. The Hall–Kier alpha value is -1.70. The molecule has 94 valence electrons. The summed E-state index contributed by atoms with van der Waals surface area (Å²) in [6, 6.07) is 16.9. The molecule has 3 aromatic rings. The zero-order chi connectivity index (χ0) is 13.4. The summed E-state index contributed by atoms with van der Waals surface area (Å²) in [4.78, 5) is 0. The van der Waals surface area contributed by atoms with Gasteiger partial charge in [0.15, 0.2) is 0 Å². The molecule has 0 aliphatic rings. The van der Waals surface area contributed by atoms with Gasteiger partial charge in [-0.3, -0.25) is 0 Å². The molecule has 0 unspecified atom stereocenters. The fraction of sp³-hybridized carbons (Fsp3) is 0. The van der Waals surface area contributed by atoms with Crippen LogP contribution >= 0.6 is 23.2 Å². The van der Waals surface area contributed by atoms with Crippen LogP contribution in [0.2, 0.25) is 10.0 Å². The predicted octanol–water partition coefficient (Wildman–Crippen LogP) is 5.52. The highest BCUT2D eigenvalue weighted by atomic mass is 35.5. The van der Waals surface area contributed by atoms with Gasteiger partial charge in [0.1, 0.15) is 5.75 Å². The van der Waals surface area contributed by atoms with E-state index >= 15 is 0 Å². The van der Waals surface area contributed by atoms with Crippen LogP contribution in [0, 0.1) is 0 Å². The van der Waals surface area contributed by atoms with E-state index in [2.05, 4.69) is 6.07 Å². The van der Waals surface area contributed by atoms with Crippen molar-refractivity contribution in [3.05, 3.63) is 64.6 Å². The summed E-state index contributed by atoms with van der Waals surface area (Å²) in [5.41, 5.74) is 2.08. The maximum atomic E-state index is 9.45. The first-order valence-electron chi connectivity index (χ1n) is 5.82. The molecule has 19 heavy (non-hydrogen) atoms. The average molecular weight is 289 g/mol. The third-order valence-corrected chi connectivity index (χ3v) is 3.82. The molecule has 0 atom stereocenters. The molecule has 0 spiro atoms. The molecular formula is C16H10Cl2O. The Morgan fingerprint density at radius 3 is 2.05 bits per heavy atom. The third-order valence-electron chi connectivity index (χ3n) is 3.08. The summed E-state index contributed by atoms with van der Waals surface area (Å²) in [5, 5.41) is 12.6. The van der Waals surface area contributed by atoms with Crippen molar-refractivity contribution < 1.29 is 5.11 Å². The van der Waals surface area contributed by atoms with Gasteiger partial charge in [-0.05, 0) is 52.2 Å². The number of phenolic OH excluding ortho intramolecular Hbond substituents is 1. The Bertz CT molecular complexity index is 766. The van der Waals surface area contributed by atoms with Crippen LogP contribution in [-0.4, -0.2) is 5.11 Å².